The van der Waals surface area contributed by atoms with Crippen LogP contribution in [0.15, 0.2) is 4.99 Å². The van der Waals surface area contributed by atoms with Gasteiger partial charge >= 0.3 is 0 Å². The lowest BCUT2D eigenvalue weighted by atomic mass is 10.2. The number of thioether (sulfide) groups is 1. The second-order valence-corrected chi connectivity index (χ2v) is 6.36. The number of rotatable bonds is 3. The van der Waals surface area contributed by atoms with Crippen molar-refractivity contribution in [1.82, 2.24) is 15.1 Å². The number of aliphatic imine (C=N–C) groups is 1. The Morgan fingerprint density at radius 2 is 2.24 bits per heavy atom. The lowest BCUT2D eigenvalue weighted by Gasteiger charge is -2.37. The van der Waals surface area contributed by atoms with Gasteiger partial charge in [0.25, 0.3) is 0 Å². The molecule has 17 heavy (non-hydrogen) atoms. The predicted octanol–water partition coefficient (Wildman–Crippen LogP) is 0.703. The second kappa shape index (κ2) is 6.07. The highest BCUT2D eigenvalue weighted by molar-refractivity contribution is 8.14. The lowest BCUT2D eigenvalue weighted by Crippen LogP contribution is -2.54. The summed E-state index contributed by atoms with van der Waals surface area (Å²) in [6, 6.07) is 0.609. The van der Waals surface area contributed by atoms with Gasteiger partial charge in [0.15, 0.2) is 5.17 Å². The molecule has 0 aromatic carbocycles. The van der Waals surface area contributed by atoms with E-state index in [1.54, 1.807) is 0 Å². The molecule has 5 heteroatoms. The fourth-order valence-corrected chi connectivity index (χ4v) is 3.20. The van der Waals surface area contributed by atoms with Gasteiger partial charge in [0.1, 0.15) is 0 Å². The third kappa shape index (κ3) is 3.60. The Labute approximate surface area is 109 Å². The van der Waals surface area contributed by atoms with Crippen molar-refractivity contribution in [3.8, 4) is 0 Å². The van der Waals surface area contributed by atoms with Crippen molar-refractivity contribution in [1.29, 1.82) is 0 Å². The number of amidine groups is 1. The number of nitrogens with one attached hydrogen (secondary N) is 1. The molecule has 0 aromatic heterocycles. The molecule has 0 aromatic rings. The maximum atomic E-state index is 4.55. The van der Waals surface area contributed by atoms with Crippen molar-refractivity contribution in [3.63, 3.8) is 0 Å². The molecule has 1 N–H and O–H groups in total. The lowest BCUT2D eigenvalue weighted by molar-refractivity contribution is 0.116. The normalized spacial score (nSPS) is 31.6. The Hall–Kier alpha value is -0.260. The van der Waals surface area contributed by atoms with E-state index in [0.717, 1.165) is 24.8 Å². The van der Waals surface area contributed by atoms with Crippen LogP contribution in [0.3, 0.4) is 0 Å². The zero-order valence-electron chi connectivity index (χ0n) is 11.1. The summed E-state index contributed by atoms with van der Waals surface area (Å²) in [6.45, 7) is 7.74. The maximum Gasteiger partial charge on any atom is 0.156 e. The van der Waals surface area contributed by atoms with Gasteiger partial charge in [0.2, 0.25) is 0 Å². The van der Waals surface area contributed by atoms with Crippen molar-refractivity contribution in [2.75, 3.05) is 46.8 Å². The number of nitrogens with zero attached hydrogens (tertiary/aromatic N) is 3. The molecule has 2 aliphatic heterocycles. The van der Waals surface area contributed by atoms with Crippen LogP contribution in [0.4, 0.5) is 0 Å². The molecule has 4 nitrogen and oxygen atoms in total. The van der Waals surface area contributed by atoms with Crippen LogP contribution in [-0.2, 0) is 0 Å². The van der Waals surface area contributed by atoms with Crippen molar-refractivity contribution in [3.05, 3.63) is 0 Å². The van der Waals surface area contributed by atoms with Crippen molar-refractivity contribution in [2.45, 2.75) is 24.6 Å². The Bertz CT molecular complexity index is 282. The summed E-state index contributed by atoms with van der Waals surface area (Å²) in [5, 5.41) is 5.36. The van der Waals surface area contributed by atoms with E-state index in [-0.39, 0.29) is 0 Å². The standard InChI is InChI=1S/C12H24N4S/c1-4-11-8-14-12(17-11)13-7-10-9-15(2)5-6-16(10)3/h10-11H,4-9H2,1-3H3,(H,13,14). The zero-order valence-corrected chi connectivity index (χ0v) is 12.0. The number of hydrogen-bond donors (Lipinski definition) is 1. The van der Waals surface area contributed by atoms with E-state index in [1.165, 1.54) is 19.5 Å². The van der Waals surface area contributed by atoms with Crippen molar-refractivity contribution < 1.29 is 0 Å². The Kier molecular flexibility index (Phi) is 4.70. The number of piperazine rings is 1. The molecule has 0 saturated carbocycles. The third-order valence-corrected chi connectivity index (χ3v) is 4.95. The first-order valence-electron chi connectivity index (χ1n) is 6.52. The Balaban J connectivity index is 1.74. The van der Waals surface area contributed by atoms with Gasteiger partial charge in [-0.1, -0.05) is 18.7 Å². The smallest absolute Gasteiger partial charge is 0.156 e. The molecule has 0 spiro atoms. The van der Waals surface area contributed by atoms with Crippen LogP contribution in [0.1, 0.15) is 13.3 Å². The average molecular weight is 256 g/mol. The summed E-state index contributed by atoms with van der Waals surface area (Å²) in [4.78, 5) is 9.41. The van der Waals surface area contributed by atoms with Crippen LogP contribution in [-0.4, -0.2) is 73.1 Å². The van der Waals surface area contributed by atoms with Gasteiger partial charge in [-0.25, -0.2) is 0 Å². The van der Waals surface area contributed by atoms with E-state index in [1.807, 2.05) is 11.8 Å². The van der Waals surface area contributed by atoms with Crippen LogP contribution in [0.5, 0.6) is 0 Å². The highest BCUT2D eigenvalue weighted by atomic mass is 32.2. The zero-order chi connectivity index (χ0) is 12.3. The molecule has 2 atom stereocenters. The van der Waals surface area contributed by atoms with E-state index in [0.29, 0.717) is 11.3 Å². The maximum absolute atomic E-state index is 4.55. The first-order valence-corrected chi connectivity index (χ1v) is 7.40. The first-order chi connectivity index (χ1) is 8.19. The minimum absolute atomic E-state index is 0.609. The topological polar surface area (TPSA) is 30.9 Å². The van der Waals surface area contributed by atoms with Gasteiger partial charge in [-0.3, -0.25) is 9.89 Å². The van der Waals surface area contributed by atoms with Crippen LogP contribution in [0.2, 0.25) is 0 Å². The monoisotopic (exact) mass is 256 g/mol. The van der Waals surface area contributed by atoms with E-state index in [9.17, 15) is 0 Å². The highest BCUT2D eigenvalue weighted by Crippen LogP contribution is 2.22. The predicted molar refractivity (Wildman–Crippen MR) is 75.9 cm³/mol. The molecule has 2 heterocycles. The van der Waals surface area contributed by atoms with Crippen LogP contribution < -0.4 is 5.32 Å². The molecule has 98 valence electrons. The van der Waals surface area contributed by atoms with Crippen LogP contribution in [0.25, 0.3) is 0 Å². The fraction of sp³-hybridized carbons (Fsp3) is 0.917. The summed E-state index contributed by atoms with van der Waals surface area (Å²) in [6.07, 6.45) is 1.21. The summed E-state index contributed by atoms with van der Waals surface area (Å²) in [7, 11) is 4.42. The van der Waals surface area contributed by atoms with E-state index in [2.05, 4.69) is 41.1 Å². The molecule has 0 aliphatic carbocycles. The van der Waals surface area contributed by atoms with Gasteiger partial charge in [0.05, 0.1) is 6.54 Å². The van der Waals surface area contributed by atoms with Crippen LogP contribution in [0, 0.1) is 0 Å². The highest BCUT2D eigenvalue weighted by Gasteiger charge is 2.23. The molecule has 1 fully saturated rings. The molecule has 1 saturated heterocycles. The fourth-order valence-electron chi connectivity index (χ4n) is 2.25. The van der Waals surface area contributed by atoms with Gasteiger partial charge in [-0.15, -0.1) is 0 Å². The van der Waals surface area contributed by atoms with Gasteiger partial charge in [-0.2, -0.15) is 0 Å². The average Bonchev–Trinajstić information content (AvgIpc) is 2.78. The summed E-state index contributed by atoms with van der Waals surface area (Å²) >= 11 is 1.91. The van der Waals surface area contributed by atoms with Gasteiger partial charge in [0, 0.05) is 37.5 Å². The summed E-state index contributed by atoms with van der Waals surface area (Å²) in [5.74, 6) is 0. The Morgan fingerprint density at radius 1 is 1.41 bits per heavy atom. The SMILES string of the molecule is CCC1CN=C(NCC2CN(C)CCN2C)S1. The van der Waals surface area contributed by atoms with Gasteiger partial charge < -0.3 is 10.2 Å². The van der Waals surface area contributed by atoms with Crippen molar-refractivity contribution in [2.24, 2.45) is 4.99 Å². The minimum Gasteiger partial charge on any atom is -0.363 e. The second-order valence-electron chi connectivity index (χ2n) is 5.07. The molecular weight excluding hydrogens is 232 g/mol. The molecular formula is C12H24N4S. The Morgan fingerprint density at radius 3 is 2.94 bits per heavy atom. The van der Waals surface area contributed by atoms with Crippen molar-refractivity contribution >= 4 is 16.9 Å². The van der Waals surface area contributed by atoms with E-state index in [4.69, 9.17) is 0 Å². The van der Waals surface area contributed by atoms with E-state index < -0.39 is 0 Å². The molecule has 0 radical (unpaired) electrons. The molecule has 2 unspecified atom stereocenters. The van der Waals surface area contributed by atoms with E-state index >= 15 is 0 Å². The van der Waals surface area contributed by atoms with Crippen LogP contribution >= 0.6 is 11.8 Å². The molecule has 2 aliphatic rings. The number of hydrogen-bond acceptors (Lipinski definition) is 5. The van der Waals surface area contributed by atoms with Gasteiger partial charge in [-0.05, 0) is 20.5 Å². The quantitative estimate of drug-likeness (QED) is 0.805. The molecule has 2 rings (SSSR count). The third-order valence-electron chi connectivity index (χ3n) is 3.64. The summed E-state index contributed by atoms with van der Waals surface area (Å²) < 4.78 is 0. The minimum atomic E-state index is 0.609. The molecule has 0 amide bonds. The summed E-state index contributed by atoms with van der Waals surface area (Å²) in [5.41, 5.74) is 0. The molecule has 0 bridgehead atoms. The number of likely N-dealkylation sites (N-methyl/N-ethyl adjacent to an activating group) is 2. The largest absolute Gasteiger partial charge is 0.363 e. The first kappa shape index (κ1) is 13.2.